The average Bonchev–Trinajstić information content (AvgIpc) is 2.44. The lowest BCUT2D eigenvalue weighted by molar-refractivity contribution is 0.194. The molecule has 2 atom stereocenters. The second-order valence-electron chi connectivity index (χ2n) is 7.77. The Bertz CT molecular complexity index is 453. The van der Waals surface area contributed by atoms with Gasteiger partial charge in [0.05, 0.1) is 0 Å². The van der Waals surface area contributed by atoms with Gasteiger partial charge in [0.1, 0.15) is 0 Å². The van der Waals surface area contributed by atoms with Crippen LogP contribution in [0.5, 0.6) is 0 Å². The Balaban J connectivity index is 1.69. The normalized spacial score (nSPS) is 29.9. The van der Waals surface area contributed by atoms with Crippen molar-refractivity contribution in [3.63, 3.8) is 0 Å². The fraction of sp³-hybridized carbons (Fsp3) is 0.684. The van der Waals surface area contributed by atoms with Gasteiger partial charge in [-0.1, -0.05) is 45.0 Å². The number of hydrogen-bond donors (Lipinski definition) is 1. The minimum absolute atomic E-state index is 0.567. The van der Waals surface area contributed by atoms with Gasteiger partial charge in [0, 0.05) is 12.1 Å². The van der Waals surface area contributed by atoms with Gasteiger partial charge in [0.2, 0.25) is 0 Å². The zero-order valence-electron chi connectivity index (χ0n) is 13.3. The summed E-state index contributed by atoms with van der Waals surface area (Å²) in [5.74, 6) is 0.731. The number of fused-ring (bicyclic) bond motifs is 1. The molecular formula is C19H29N. The molecule has 0 saturated heterocycles. The molecule has 1 N–H and O–H groups in total. The molecule has 20 heavy (non-hydrogen) atoms. The molecule has 0 amide bonds. The van der Waals surface area contributed by atoms with Crippen LogP contribution in [0, 0.1) is 5.41 Å². The summed E-state index contributed by atoms with van der Waals surface area (Å²) >= 11 is 0. The highest BCUT2D eigenvalue weighted by atomic mass is 15.0. The SMILES string of the molecule is CC1CCC(NC2CCC(C)(C)CC2)c2ccccc21. The molecule has 0 spiro atoms. The number of nitrogens with one attached hydrogen (secondary N) is 1. The van der Waals surface area contributed by atoms with Crippen molar-refractivity contribution < 1.29 is 0 Å². The summed E-state index contributed by atoms with van der Waals surface area (Å²) < 4.78 is 0. The van der Waals surface area contributed by atoms with Gasteiger partial charge in [-0.3, -0.25) is 0 Å². The Morgan fingerprint density at radius 3 is 2.30 bits per heavy atom. The molecule has 1 heteroatoms. The summed E-state index contributed by atoms with van der Waals surface area (Å²) in [6, 6.07) is 10.4. The molecule has 1 saturated carbocycles. The molecule has 0 aliphatic heterocycles. The standard InChI is InChI=1S/C19H29N/c1-14-8-9-18(17-7-5-4-6-16(14)17)20-15-10-12-19(2,3)13-11-15/h4-7,14-15,18,20H,8-13H2,1-3H3. The first-order valence-corrected chi connectivity index (χ1v) is 8.40. The zero-order chi connectivity index (χ0) is 14.2. The van der Waals surface area contributed by atoms with Gasteiger partial charge in [-0.05, 0) is 61.0 Å². The minimum atomic E-state index is 0.567. The molecule has 1 aromatic rings. The predicted octanol–water partition coefficient (Wildman–Crippen LogP) is 5.18. The van der Waals surface area contributed by atoms with E-state index in [0.717, 1.165) is 12.0 Å². The lowest BCUT2D eigenvalue weighted by Crippen LogP contribution is -2.39. The highest BCUT2D eigenvalue weighted by Gasteiger charge is 2.30. The van der Waals surface area contributed by atoms with Gasteiger partial charge < -0.3 is 5.32 Å². The largest absolute Gasteiger partial charge is 0.307 e. The second-order valence-corrected chi connectivity index (χ2v) is 7.77. The molecule has 0 aromatic heterocycles. The Kier molecular flexibility index (Phi) is 3.90. The summed E-state index contributed by atoms with van der Waals surface area (Å²) in [7, 11) is 0. The Morgan fingerprint density at radius 1 is 0.950 bits per heavy atom. The quantitative estimate of drug-likeness (QED) is 0.781. The molecule has 1 aromatic carbocycles. The predicted molar refractivity (Wildman–Crippen MR) is 86.0 cm³/mol. The molecule has 3 rings (SSSR count). The van der Waals surface area contributed by atoms with E-state index in [9.17, 15) is 0 Å². The third-order valence-corrected chi connectivity index (χ3v) is 5.57. The molecule has 0 heterocycles. The van der Waals surface area contributed by atoms with Crippen LogP contribution in [0.25, 0.3) is 0 Å². The number of benzene rings is 1. The van der Waals surface area contributed by atoms with Crippen molar-refractivity contribution in [2.45, 2.75) is 77.3 Å². The van der Waals surface area contributed by atoms with Gasteiger partial charge in [0.25, 0.3) is 0 Å². The second kappa shape index (κ2) is 5.52. The Labute approximate surface area is 124 Å². The van der Waals surface area contributed by atoms with Crippen LogP contribution in [0.1, 0.15) is 82.4 Å². The van der Waals surface area contributed by atoms with Crippen molar-refractivity contribution in [1.82, 2.24) is 5.32 Å². The zero-order valence-corrected chi connectivity index (χ0v) is 13.3. The molecule has 2 unspecified atom stereocenters. The van der Waals surface area contributed by atoms with Gasteiger partial charge in [-0.2, -0.15) is 0 Å². The van der Waals surface area contributed by atoms with Crippen LogP contribution in [-0.4, -0.2) is 6.04 Å². The van der Waals surface area contributed by atoms with E-state index in [1.807, 2.05) is 0 Å². The molecule has 1 nitrogen and oxygen atoms in total. The van der Waals surface area contributed by atoms with E-state index in [2.05, 4.69) is 50.4 Å². The maximum absolute atomic E-state index is 3.97. The van der Waals surface area contributed by atoms with E-state index < -0.39 is 0 Å². The highest BCUT2D eigenvalue weighted by molar-refractivity contribution is 5.35. The summed E-state index contributed by atoms with van der Waals surface area (Å²) in [6.07, 6.45) is 8.07. The average molecular weight is 271 g/mol. The van der Waals surface area contributed by atoms with Gasteiger partial charge in [-0.25, -0.2) is 0 Å². The first kappa shape index (κ1) is 14.1. The topological polar surface area (TPSA) is 12.0 Å². The highest BCUT2D eigenvalue weighted by Crippen LogP contribution is 2.40. The van der Waals surface area contributed by atoms with E-state index in [1.54, 1.807) is 11.1 Å². The third kappa shape index (κ3) is 2.93. The van der Waals surface area contributed by atoms with Crippen LogP contribution < -0.4 is 5.32 Å². The Morgan fingerprint density at radius 2 is 1.60 bits per heavy atom. The molecular weight excluding hydrogens is 242 g/mol. The van der Waals surface area contributed by atoms with E-state index in [4.69, 9.17) is 0 Å². The maximum atomic E-state index is 3.97. The Hall–Kier alpha value is -0.820. The molecule has 1 fully saturated rings. The van der Waals surface area contributed by atoms with Gasteiger partial charge in [0.15, 0.2) is 0 Å². The van der Waals surface area contributed by atoms with E-state index >= 15 is 0 Å². The minimum Gasteiger partial charge on any atom is -0.307 e. The fourth-order valence-corrected chi connectivity index (χ4v) is 4.03. The number of rotatable bonds is 2. The summed E-state index contributed by atoms with van der Waals surface area (Å²) in [5, 5.41) is 3.97. The van der Waals surface area contributed by atoms with E-state index in [-0.39, 0.29) is 0 Å². The van der Waals surface area contributed by atoms with Crippen LogP contribution in [-0.2, 0) is 0 Å². The van der Waals surface area contributed by atoms with Crippen molar-refractivity contribution in [3.05, 3.63) is 35.4 Å². The molecule has 110 valence electrons. The molecule has 2 aliphatic rings. The first-order chi connectivity index (χ1) is 9.55. The van der Waals surface area contributed by atoms with Crippen molar-refractivity contribution in [1.29, 1.82) is 0 Å². The molecule has 2 aliphatic carbocycles. The van der Waals surface area contributed by atoms with Crippen molar-refractivity contribution in [3.8, 4) is 0 Å². The lowest BCUT2D eigenvalue weighted by atomic mass is 9.75. The van der Waals surface area contributed by atoms with Gasteiger partial charge >= 0.3 is 0 Å². The summed E-state index contributed by atoms with van der Waals surface area (Å²) in [6.45, 7) is 7.21. The van der Waals surface area contributed by atoms with Crippen molar-refractivity contribution >= 4 is 0 Å². The van der Waals surface area contributed by atoms with E-state index in [1.165, 1.54) is 38.5 Å². The fourth-order valence-electron chi connectivity index (χ4n) is 4.03. The number of hydrogen-bond acceptors (Lipinski definition) is 1. The van der Waals surface area contributed by atoms with Gasteiger partial charge in [-0.15, -0.1) is 0 Å². The smallest absolute Gasteiger partial charge is 0.0325 e. The monoisotopic (exact) mass is 271 g/mol. The summed E-state index contributed by atoms with van der Waals surface area (Å²) in [4.78, 5) is 0. The van der Waals surface area contributed by atoms with Crippen molar-refractivity contribution in [2.24, 2.45) is 5.41 Å². The molecule has 0 radical (unpaired) electrons. The van der Waals surface area contributed by atoms with Crippen molar-refractivity contribution in [2.75, 3.05) is 0 Å². The summed E-state index contributed by atoms with van der Waals surface area (Å²) in [5.41, 5.74) is 3.71. The molecule has 0 bridgehead atoms. The van der Waals surface area contributed by atoms with Crippen LogP contribution in [0.3, 0.4) is 0 Å². The lowest BCUT2D eigenvalue weighted by Gasteiger charge is -2.38. The van der Waals surface area contributed by atoms with Crippen LogP contribution in [0.2, 0.25) is 0 Å². The third-order valence-electron chi connectivity index (χ3n) is 5.57. The van der Waals surface area contributed by atoms with Crippen LogP contribution >= 0.6 is 0 Å². The van der Waals surface area contributed by atoms with Crippen LogP contribution in [0.4, 0.5) is 0 Å². The first-order valence-electron chi connectivity index (χ1n) is 8.40. The maximum Gasteiger partial charge on any atom is 0.0325 e. The van der Waals surface area contributed by atoms with Crippen LogP contribution in [0.15, 0.2) is 24.3 Å². The van der Waals surface area contributed by atoms with E-state index in [0.29, 0.717) is 11.5 Å².